The Morgan fingerprint density at radius 3 is 2.92 bits per heavy atom. The maximum Gasteiger partial charge on any atom is 0.310 e. The lowest BCUT2D eigenvalue weighted by Gasteiger charge is -2.26. The van der Waals surface area contributed by atoms with Gasteiger partial charge in [0.2, 0.25) is 0 Å². The lowest BCUT2D eigenvalue weighted by atomic mass is 9.80. The highest BCUT2D eigenvalue weighted by Crippen LogP contribution is 2.60. The average Bonchev–Trinajstić information content (AvgIpc) is 3.17. The van der Waals surface area contributed by atoms with Gasteiger partial charge in [-0.1, -0.05) is 33.6 Å². The highest BCUT2D eigenvalue weighted by molar-refractivity contribution is 9.09. The van der Waals surface area contributed by atoms with Crippen molar-refractivity contribution in [3.8, 4) is 0 Å². The number of hydrogen-bond donors (Lipinski definition) is 1. The second-order valence-electron chi connectivity index (χ2n) is 6.63. The SMILES string of the molecule is O=C(COC(=O)[C@@H]1[C@H]2C[C@H]3[C@H](OC(=O)[C@@H]31)[C@H]2Br)Nc1cccc(Cl)c1. The average molecular weight is 429 g/mol. The summed E-state index contributed by atoms with van der Waals surface area (Å²) >= 11 is 9.40. The minimum Gasteiger partial charge on any atom is -0.461 e. The van der Waals surface area contributed by atoms with Crippen molar-refractivity contribution in [2.75, 3.05) is 11.9 Å². The summed E-state index contributed by atoms with van der Waals surface area (Å²) in [7, 11) is 0. The topological polar surface area (TPSA) is 81.7 Å². The van der Waals surface area contributed by atoms with Gasteiger partial charge in [0.1, 0.15) is 6.10 Å². The molecule has 1 aliphatic heterocycles. The van der Waals surface area contributed by atoms with Gasteiger partial charge in [-0.25, -0.2) is 0 Å². The van der Waals surface area contributed by atoms with Gasteiger partial charge in [0.05, 0.1) is 16.7 Å². The second kappa shape index (κ2) is 6.29. The number of ether oxygens (including phenoxy) is 2. The fourth-order valence-corrected chi connectivity index (χ4v) is 5.53. The molecule has 0 unspecified atom stereocenters. The molecule has 1 amide bonds. The highest BCUT2D eigenvalue weighted by Gasteiger charge is 2.68. The monoisotopic (exact) mass is 427 g/mol. The molecule has 4 rings (SSSR count). The molecular formula is C17H15BrClNO5. The molecule has 6 atom stereocenters. The van der Waals surface area contributed by atoms with Crippen LogP contribution in [0.15, 0.2) is 24.3 Å². The molecular weight excluding hydrogens is 414 g/mol. The standard InChI is InChI=1S/C17H15BrClNO5/c18-14-9-5-10-13(17(23)25-15(10)14)12(9)16(22)24-6-11(21)20-8-3-1-2-7(19)4-8/h1-4,9-10,12-15H,5-6H2,(H,20,21)/t9-,10-,12-,13+,14+,15+/m1/s1. The quantitative estimate of drug-likeness (QED) is 0.588. The summed E-state index contributed by atoms with van der Waals surface area (Å²) in [5.74, 6) is -2.20. The van der Waals surface area contributed by atoms with E-state index in [2.05, 4.69) is 21.2 Å². The number of amides is 1. The molecule has 3 aliphatic rings. The fraction of sp³-hybridized carbons (Fsp3) is 0.471. The van der Waals surface area contributed by atoms with Crippen LogP contribution in [0.5, 0.6) is 0 Å². The summed E-state index contributed by atoms with van der Waals surface area (Å²) < 4.78 is 10.5. The Hall–Kier alpha value is -1.60. The number of fused-ring (bicyclic) bond motifs is 1. The minimum absolute atomic E-state index is 0.00920. The van der Waals surface area contributed by atoms with Crippen LogP contribution in [0, 0.1) is 23.7 Å². The molecule has 0 radical (unpaired) electrons. The third-order valence-electron chi connectivity index (χ3n) is 5.25. The summed E-state index contributed by atoms with van der Waals surface area (Å²) in [4.78, 5) is 36.4. The normalized spacial score (nSPS) is 34.7. The zero-order chi connectivity index (χ0) is 17.7. The van der Waals surface area contributed by atoms with Gasteiger partial charge < -0.3 is 14.8 Å². The number of alkyl halides is 1. The highest BCUT2D eigenvalue weighted by atomic mass is 79.9. The van der Waals surface area contributed by atoms with Crippen molar-refractivity contribution in [2.45, 2.75) is 17.4 Å². The van der Waals surface area contributed by atoms with Crippen molar-refractivity contribution >= 4 is 51.1 Å². The largest absolute Gasteiger partial charge is 0.461 e. The van der Waals surface area contributed by atoms with Gasteiger partial charge in [-0.3, -0.25) is 14.4 Å². The number of rotatable bonds is 4. The van der Waals surface area contributed by atoms with E-state index >= 15 is 0 Å². The summed E-state index contributed by atoms with van der Waals surface area (Å²) in [6.45, 7) is -0.405. The van der Waals surface area contributed by atoms with Crippen molar-refractivity contribution in [1.82, 2.24) is 0 Å². The van der Waals surface area contributed by atoms with E-state index in [-0.39, 0.29) is 28.7 Å². The van der Waals surface area contributed by atoms with Gasteiger partial charge in [-0.05, 0) is 30.5 Å². The van der Waals surface area contributed by atoms with E-state index in [1.807, 2.05) is 0 Å². The molecule has 2 aliphatic carbocycles. The summed E-state index contributed by atoms with van der Waals surface area (Å²) in [5.41, 5.74) is 0.524. The Balaban J connectivity index is 1.36. The molecule has 1 N–H and O–H groups in total. The lowest BCUT2D eigenvalue weighted by molar-refractivity contribution is -0.157. The van der Waals surface area contributed by atoms with E-state index in [1.54, 1.807) is 24.3 Å². The van der Waals surface area contributed by atoms with E-state index < -0.39 is 30.3 Å². The molecule has 1 saturated heterocycles. The van der Waals surface area contributed by atoms with E-state index in [1.165, 1.54) is 0 Å². The van der Waals surface area contributed by atoms with Gasteiger partial charge in [-0.15, -0.1) is 0 Å². The first-order chi connectivity index (χ1) is 12.0. The van der Waals surface area contributed by atoms with Crippen LogP contribution in [0.4, 0.5) is 5.69 Å². The Morgan fingerprint density at radius 2 is 2.16 bits per heavy atom. The number of esters is 2. The van der Waals surface area contributed by atoms with Gasteiger partial charge in [0, 0.05) is 16.6 Å². The molecule has 2 bridgehead atoms. The first-order valence-corrected chi connectivity index (χ1v) is 9.31. The number of carbonyl (C=O) groups excluding carboxylic acids is 3. The maximum absolute atomic E-state index is 12.5. The molecule has 1 heterocycles. The Labute approximate surface area is 157 Å². The van der Waals surface area contributed by atoms with Crippen molar-refractivity contribution < 1.29 is 23.9 Å². The summed E-state index contributed by atoms with van der Waals surface area (Å²) in [5, 5.41) is 3.11. The molecule has 3 fully saturated rings. The van der Waals surface area contributed by atoms with Gasteiger partial charge >= 0.3 is 11.9 Å². The number of benzene rings is 1. The van der Waals surface area contributed by atoms with Crippen molar-refractivity contribution in [1.29, 1.82) is 0 Å². The lowest BCUT2D eigenvalue weighted by Crippen LogP contribution is -2.39. The smallest absolute Gasteiger partial charge is 0.310 e. The number of carbonyl (C=O) groups is 3. The maximum atomic E-state index is 12.5. The Kier molecular flexibility index (Phi) is 4.24. The second-order valence-corrected chi connectivity index (χ2v) is 8.12. The minimum atomic E-state index is -0.542. The van der Waals surface area contributed by atoms with Crippen LogP contribution < -0.4 is 5.32 Å². The van der Waals surface area contributed by atoms with Crippen LogP contribution in [0.3, 0.4) is 0 Å². The van der Waals surface area contributed by atoms with Crippen LogP contribution in [0.25, 0.3) is 0 Å². The third kappa shape index (κ3) is 2.83. The Bertz CT molecular complexity index is 756. The van der Waals surface area contributed by atoms with E-state index in [0.29, 0.717) is 10.7 Å². The van der Waals surface area contributed by atoms with E-state index in [9.17, 15) is 14.4 Å². The van der Waals surface area contributed by atoms with E-state index in [4.69, 9.17) is 21.1 Å². The zero-order valence-electron chi connectivity index (χ0n) is 13.0. The Morgan fingerprint density at radius 1 is 1.36 bits per heavy atom. The van der Waals surface area contributed by atoms with Crippen LogP contribution in [-0.2, 0) is 23.9 Å². The molecule has 132 valence electrons. The molecule has 8 heteroatoms. The first kappa shape index (κ1) is 16.8. The summed E-state index contributed by atoms with van der Waals surface area (Å²) in [6.07, 6.45) is 0.628. The van der Waals surface area contributed by atoms with E-state index in [0.717, 1.165) is 6.42 Å². The van der Waals surface area contributed by atoms with Crippen LogP contribution in [0.2, 0.25) is 5.02 Å². The first-order valence-electron chi connectivity index (χ1n) is 8.02. The number of hydrogen-bond acceptors (Lipinski definition) is 5. The molecule has 1 aromatic carbocycles. The third-order valence-corrected chi connectivity index (χ3v) is 6.68. The summed E-state index contributed by atoms with van der Waals surface area (Å²) in [6, 6.07) is 6.68. The molecule has 1 aromatic rings. The van der Waals surface area contributed by atoms with Crippen LogP contribution in [-0.4, -0.2) is 35.4 Å². The van der Waals surface area contributed by atoms with Crippen LogP contribution in [0.1, 0.15) is 6.42 Å². The predicted octanol–water partition coefficient (Wildman–Crippen LogP) is 2.39. The van der Waals surface area contributed by atoms with Crippen molar-refractivity contribution in [2.24, 2.45) is 23.7 Å². The van der Waals surface area contributed by atoms with Gasteiger partial charge in [0.25, 0.3) is 5.91 Å². The van der Waals surface area contributed by atoms with Crippen molar-refractivity contribution in [3.63, 3.8) is 0 Å². The zero-order valence-corrected chi connectivity index (χ0v) is 15.3. The number of halogens is 2. The molecule has 0 aromatic heterocycles. The predicted molar refractivity (Wildman–Crippen MR) is 92.2 cm³/mol. The van der Waals surface area contributed by atoms with Crippen LogP contribution >= 0.6 is 27.5 Å². The molecule has 6 nitrogen and oxygen atoms in total. The van der Waals surface area contributed by atoms with Gasteiger partial charge in [-0.2, -0.15) is 0 Å². The van der Waals surface area contributed by atoms with Crippen molar-refractivity contribution in [3.05, 3.63) is 29.3 Å². The number of nitrogens with one attached hydrogen (secondary N) is 1. The van der Waals surface area contributed by atoms with Gasteiger partial charge in [0.15, 0.2) is 6.61 Å². The molecule has 25 heavy (non-hydrogen) atoms. The molecule has 2 saturated carbocycles. The number of anilines is 1. The fourth-order valence-electron chi connectivity index (χ4n) is 4.29. The molecule has 0 spiro atoms.